The molecule has 0 radical (unpaired) electrons. The van der Waals surface area contributed by atoms with Gasteiger partial charge in [-0.25, -0.2) is 14.6 Å². The molecule has 10 heteroatoms. The number of amides is 2. The zero-order valence-electron chi connectivity index (χ0n) is 11.6. The largest absolute Gasteiger partial charge is 0.461 e. The molecular formula is C12H12F3N3O3S. The lowest BCUT2D eigenvalue weighted by atomic mass is 10.3. The van der Waals surface area contributed by atoms with Gasteiger partial charge in [0.15, 0.2) is 10.8 Å². The molecule has 1 heterocycles. The summed E-state index contributed by atoms with van der Waals surface area (Å²) in [5.41, 5.74) is -0.872. The lowest BCUT2D eigenvalue weighted by molar-refractivity contribution is -0.135. The Morgan fingerprint density at radius 1 is 1.41 bits per heavy atom. The summed E-state index contributed by atoms with van der Waals surface area (Å²) >= 11 is 0.143. The summed E-state index contributed by atoms with van der Waals surface area (Å²) < 4.78 is 43.1. The summed E-state index contributed by atoms with van der Waals surface area (Å²) in [6.45, 7) is 2.97. The summed E-state index contributed by atoms with van der Waals surface area (Å²) in [6.07, 6.45) is -4.77. The Bertz CT molecular complexity index is 617. The molecule has 0 aromatic carbocycles. The van der Waals surface area contributed by atoms with Gasteiger partial charge in [0.2, 0.25) is 0 Å². The quantitative estimate of drug-likeness (QED) is 0.654. The number of nitrogens with one attached hydrogen (secondary N) is 2. The van der Waals surface area contributed by atoms with E-state index in [4.69, 9.17) is 0 Å². The van der Waals surface area contributed by atoms with Crippen LogP contribution in [0.1, 0.15) is 29.2 Å². The Labute approximate surface area is 128 Å². The SMILES string of the molecule is CC#CCNC(=O)Nc1nc(C(=O)OCC)c(C(F)(F)F)s1. The maximum atomic E-state index is 12.9. The van der Waals surface area contributed by atoms with Crippen LogP contribution in [0.4, 0.5) is 23.1 Å². The molecule has 0 bridgehead atoms. The maximum absolute atomic E-state index is 12.9. The van der Waals surface area contributed by atoms with E-state index in [0.29, 0.717) is 0 Å². The van der Waals surface area contributed by atoms with Gasteiger partial charge in [0.1, 0.15) is 4.88 Å². The molecular weight excluding hydrogens is 323 g/mol. The Kier molecular flexibility index (Phi) is 6.18. The van der Waals surface area contributed by atoms with Crippen molar-refractivity contribution in [2.24, 2.45) is 0 Å². The average Bonchev–Trinajstić information content (AvgIpc) is 2.83. The highest BCUT2D eigenvalue weighted by Crippen LogP contribution is 2.38. The van der Waals surface area contributed by atoms with Crippen LogP contribution in [-0.4, -0.2) is 30.1 Å². The molecule has 0 saturated heterocycles. The van der Waals surface area contributed by atoms with E-state index >= 15 is 0 Å². The van der Waals surface area contributed by atoms with E-state index in [9.17, 15) is 22.8 Å². The summed E-state index contributed by atoms with van der Waals surface area (Å²) in [5, 5.41) is 4.05. The Morgan fingerprint density at radius 3 is 2.64 bits per heavy atom. The number of hydrogen-bond acceptors (Lipinski definition) is 5. The number of anilines is 1. The standard InChI is InChI=1S/C12H12F3N3O3S/c1-3-5-6-16-10(20)18-11-17-7(9(19)21-4-2)8(22-11)12(13,14)15/h4,6H2,1-2H3,(H2,16,17,18,20). The van der Waals surface area contributed by atoms with Crippen molar-refractivity contribution < 1.29 is 27.5 Å². The van der Waals surface area contributed by atoms with E-state index in [1.54, 1.807) is 6.92 Å². The van der Waals surface area contributed by atoms with Gasteiger partial charge in [-0.05, 0) is 13.8 Å². The number of carbonyl (C=O) groups is 2. The van der Waals surface area contributed by atoms with Crippen molar-refractivity contribution in [3.8, 4) is 11.8 Å². The highest BCUT2D eigenvalue weighted by Gasteiger charge is 2.40. The molecule has 0 saturated carbocycles. The molecule has 2 N–H and O–H groups in total. The third-order valence-corrected chi connectivity index (χ3v) is 3.10. The van der Waals surface area contributed by atoms with Gasteiger partial charge >= 0.3 is 18.2 Å². The Hall–Kier alpha value is -2.28. The average molecular weight is 335 g/mol. The first-order valence-electron chi connectivity index (χ1n) is 5.99. The zero-order chi connectivity index (χ0) is 16.8. The molecule has 0 atom stereocenters. The van der Waals surface area contributed by atoms with Gasteiger partial charge in [-0.2, -0.15) is 13.2 Å². The van der Waals surface area contributed by atoms with Crippen molar-refractivity contribution in [3.63, 3.8) is 0 Å². The fraction of sp³-hybridized carbons (Fsp3) is 0.417. The van der Waals surface area contributed by atoms with Gasteiger partial charge in [0, 0.05) is 0 Å². The van der Waals surface area contributed by atoms with Crippen LogP contribution >= 0.6 is 11.3 Å². The summed E-state index contributed by atoms with van der Waals surface area (Å²) in [5.74, 6) is 3.88. The van der Waals surface area contributed by atoms with Crippen LogP contribution < -0.4 is 10.6 Å². The van der Waals surface area contributed by atoms with Crippen LogP contribution in [0.25, 0.3) is 0 Å². The number of esters is 1. The topological polar surface area (TPSA) is 80.3 Å². The monoisotopic (exact) mass is 335 g/mol. The molecule has 1 aromatic rings. The fourth-order valence-electron chi connectivity index (χ4n) is 1.26. The molecule has 0 aliphatic carbocycles. The second-order valence-electron chi connectivity index (χ2n) is 3.65. The van der Waals surface area contributed by atoms with E-state index in [0.717, 1.165) is 0 Å². The molecule has 1 aromatic heterocycles. The first-order chi connectivity index (χ1) is 10.3. The molecule has 120 valence electrons. The van der Waals surface area contributed by atoms with Gasteiger partial charge in [-0.1, -0.05) is 17.3 Å². The van der Waals surface area contributed by atoms with Crippen LogP contribution in [0.2, 0.25) is 0 Å². The number of ether oxygens (including phenoxy) is 1. The number of rotatable bonds is 4. The highest BCUT2D eigenvalue weighted by molar-refractivity contribution is 7.16. The van der Waals surface area contributed by atoms with Crippen molar-refractivity contribution in [2.45, 2.75) is 20.0 Å². The molecule has 6 nitrogen and oxygen atoms in total. The van der Waals surface area contributed by atoms with E-state index < -0.39 is 28.7 Å². The van der Waals surface area contributed by atoms with E-state index in [-0.39, 0.29) is 29.6 Å². The van der Waals surface area contributed by atoms with Crippen LogP contribution in [0, 0.1) is 11.8 Å². The number of aromatic nitrogens is 1. The number of carbonyl (C=O) groups excluding carboxylic acids is 2. The van der Waals surface area contributed by atoms with Crippen molar-refractivity contribution in [1.29, 1.82) is 0 Å². The minimum Gasteiger partial charge on any atom is -0.461 e. The molecule has 0 fully saturated rings. The smallest absolute Gasteiger partial charge is 0.428 e. The van der Waals surface area contributed by atoms with Gasteiger partial charge < -0.3 is 10.1 Å². The Balaban J connectivity index is 2.95. The first kappa shape index (κ1) is 17.8. The third-order valence-electron chi connectivity index (χ3n) is 2.09. The van der Waals surface area contributed by atoms with Crippen LogP contribution in [0.3, 0.4) is 0 Å². The molecule has 0 unspecified atom stereocenters. The van der Waals surface area contributed by atoms with Crippen molar-refractivity contribution in [2.75, 3.05) is 18.5 Å². The lowest BCUT2D eigenvalue weighted by Crippen LogP contribution is -2.28. The number of alkyl halides is 3. The summed E-state index contributed by atoms with van der Waals surface area (Å²) in [6, 6.07) is -0.777. The normalized spacial score (nSPS) is 10.4. The fourth-order valence-corrected chi connectivity index (χ4v) is 2.07. The second-order valence-corrected chi connectivity index (χ2v) is 4.65. The van der Waals surface area contributed by atoms with E-state index in [1.165, 1.54) is 6.92 Å². The molecule has 1 rings (SSSR count). The lowest BCUT2D eigenvalue weighted by Gasteiger charge is -2.04. The van der Waals surface area contributed by atoms with Crippen molar-refractivity contribution in [3.05, 3.63) is 10.6 Å². The van der Waals surface area contributed by atoms with Crippen molar-refractivity contribution in [1.82, 2.24) is 10.3 Å². The third kappa shape index (κ3) is 4.92. The number of hydrogen-bond donors (Lipinski definition) is 2. The number of nitrogens with zero attached hydrogens (tertiary/aromatic N) is 1. The molecule has 0 aliphatic heterocycles. The second kappa shape index (κ2) is 7.65. The van der Waals surface area contributed by atoms with Gasteiger partial charge in [0.25, 0.3) is 0 Å². The predicted molar refractivity (Wildman–Crippen MR) is 73.5 cm³/mol. The first-order valence-corrected chi connectivity index (χ1v) is 6.80. The molecule has 0 aliphatic rings. The zero-order valence-corrected chi connectivity index (χ0v) is 12.4. The van der Waals surface area contributed by atoms with Gasteiger partial charge in [-0.15, -0.1) is 5.92 Å². The number of thiazole rings is 1. The summed E-state index contributed by atoms with van der Waals surface area (Å²) in [7, 11) is 0. The number of halogens is 3. The summed E-state index contributed by atoms with van der Waals surface area (Å²) in [4.78, 5) is 25.2. The molecule has 22 heavy (non-hydrogen) atoms. The maximum Gasteiger partial charge on any atom is 0.428 e. The van der Waals surface area contributed by atoms with Crippen LogP contribution in [-0.2, 0) is 10.9 Å². The Morgan fingerprint density at radius 2 is 2.09 bits per heavy atom. The minimum atomic E-state index is -4.77. The highest BCUT2D eigenvalue weighted by atomic mass is 32.1. The van der Waals surface area contributed by atoms with E-state index in [1.807, 2.05) is 0 Å². The molecule has 2 amide bonds. The van der Waals surface area contributed by atoms with Crippen LogP contribution in [0.5, 0.6) is 0 Å². The van der Waals surface area contributed by atoms with E-state index in [2.05, 4.69) is 32.2 Å². The van der Waals surface area contributed by atoms with Crippen LogP contribution in [0.15, 0.2) is 0 Å². The van der Waals surface area contributed by atoms with Crippen molar-refractivity contribution >= 4 is 28.5 Å². The minimum absolute atomic E-state index is 0.0323. The predicted octanol–water partition coefficient (Wildman–Crippen LogP) is 2.48. The number of urea groups is 1. The molecule has 0 spiro atoms. The van der Waals surface area contributed by atoms with Gasteiger partial charge in [-0.3, -0.25) is 5.32 Å². The van der Waals surface area contributed by atoms with Gasteiger partial charge in [0.05, 0.1) is 13.2 Å².